The zero-order valence-corrected chi connectivity index (χ0v) is 14.9. The Bertz CT molecular complexity index is 579. The molecule has 1 aromatic rings. The molecule has 0 bridgehead atoms. The molecule has 1 aromatic carbocycles. The number of ether oxygens (including phenoxy) is 2. The Kier molecular flexibility index (Phi) is 6.08. The van der Waals surface area contributed by atoms with Gasteiger partial charge in [-0.2, -0.15) is 0 Å². The zero-order chi connectivity index (χ0) is 17.6. The molecule has 0 spiro atoms. The largest absolute Gasteiger partial charge is 0.469 e. The van der Waals surface area contributed by atoms with Crippen LogP contribution in [-0.4, -0.2) is 50.2 Å². The number of rotatable bonds is 7. The van der Waals surface area contributed by atoms with Crippen molar-refractivity contribution in [2.45, 2.75) is 25.7 Å². The topological polar surface area (TPSA) is 55.8 Å². The van der Waals surface area contributed by atoms with Gasteiger partial charge in [0, 0.05) is 19.5 Å². The van der Waals surface area contributed by atoms with Gasteiger partial charge in [0.15, 0.2) is 0 Å². The van der Waals surface area contributed by atoms with Crippen molar-refractivity contribution >= 4 is 11.9 Å². The smallest absolute Gasteiger partial charge is 0.309 e. The summed E-state index contributed by atoms with van der Waals surface area (Å²) in [5.74, 6) is 0.0986. The van der Waals surface area contributed by atoms with Gasteiger partial charge < -0.3 is 14.4 Å². The van der Waals surface area contributed by atoms with Crippen LogP contribution < -0.4 is 0 Å². The summed E-state index contributed by atoms with van der Waals surface area (Å²) in [5.41, 5.74) is 1.21. The van der Waals surface area contributed by atoms with E-state index in [4.69, 9.17) is 9.47 Å². The van der Waals surface area contributed by atoms with Gasteiger partial charge in [0.1, 0.15) is 0 Å². The van der Waals surface area contributed by atoms with Gasteiger partial charge in [-0.05, 0) is 36.7 Å². The van der Waals surface area contributed by atoms with Crippen molar-refractivity contribution < 1.29 is 19.1 Å². The monoisotopic (exact) mass is 345 g/mol. The molecule has 2 atom stereocenters. The summed E-state index contributed by atoms with van der Waals surface area (Å²) >= 11 is 0. The first-order valence-electron chi connectivity index (χ1n) is 9.16. The highest BCUT2D eigenvalue weighted by Gasteiger charge is 2.41. The number of methoxy groups -OCH3 is 1. The van der Waals surface area contributed by atoms with Gasteiger partial charge in [0.25, 0.3) is 0 Å². The molecule has 1 aliphatic carbocycles. The van der Waals surface area contributed by atoms with Gasteiger partial charge in [0.05, 0.1) is 26.2 Å². The number of carbonyl (C=O) groups excluding carboxylic acids is 2. The Morgan fingerprint density at radius 1 is 1.20 bits per heavy atom. The van der Waals surface area contributed by atoms with Crippen molar-refractivity contribution in [3.8, 4) is 0 Å². The summed E-state index contributed by atoms with van der Waals surface area (Å²) < 4.78 is 10.4. The van der Waals surface area contributed by atoms with Crippen LogP contribution in [-0.2, 0) is 25.5 Å². The minimum Gasteiger partial charge on any atom is -0.469 e. The van der Waals surface area contributed by atoms with E-state index >= 15 is 0 Å². The normalized spacial score (nSPS) is 20.0. The fourth-order valence-corrected chi connectivity index (χ4v) is 3.74. The minimum absolute atomic E-state index is 0.0393. The molecule has 0 radical (unpaired) electrons. The van der Waals surface area contributed by atoms with Crippen molar-refractivity contribution in [3.63, 3.8) is 0 Å². The standard InChI is InChI=1S/C20H27NO4/c1-24-20(23)18(14-19(22)21-9-11-25-12-10-21)17(16-7-8-16)13-15-5-3-2-4-6-15/h2-6,16-18H,7-14H2,1H3. The zero-order valence-electron chi connectivity index (χ0n) is 14.9. The van der Waals surface area contributed by atoms with Crippen LogP contribution in [0.25, 0.3) is 0 Å². The number of benzene rings is 1. The fraction of sp³-hybridized carbons (Fsp3) is 0.600. The number of carbonyl (C=O) groups is 2. The van der Waals surface area contributed by atoms with Crippen LogP contribution in [0.5, 0.6) is 0 Å². The van der Waals surface area contributed by atoms with Crippen LogP contribution in [0.15, 0.2) is 30.3 Å². The highest BCUT2D eigenvalue weighted by atomic mass is 16.5. The first-order valence-corrected chi connectivity index (χ1v) is 9.16. The molecule has 3 rings (SSSR count). The van der Waals surface area contributed by atoms with Crippen molar-refractivity contribution in [2.75, 3.05) is 33.4 Å². The van der Waals surface area contributed by atoms with Crippen LogP contribution >= 0.6 is 0 Å². The number of hydrogen-bond acceptors (Lipinski definition) is 4. The minimum atomic E-state index is -0.368. The highest BCUT2D eigenvalue weighted by molar-refractivity contribution is 5.83. The molecule has 1 amide bonds. The van der Waals surface area contributed by atoms with E-state index in [9.17, 15) is 9.59 Å². The average molecular weight is 345 g/mol. The van der Waals surface area contributed by atoms with Crippen molar-refractivity contribution in [1.29, 1.82) is 0 Å². The molecule has 2 aliphatic rings. The molecule has 136 valence electrons. The highest BCUT2D eigenvalue weighted by Crippen LogP contribution is 2.43. The summed E-state index contributed by atoms with van der Waals surface area (Å²) in [7, 11) is 1.42. The first kappa shape index (κ1) is 17.9. The van der Waals surface area contributed by atoms with Crippen LogP contribution in [0, 0.1) is 17.8 Å². The Hall–Kier alpha value is -1.88. The van der Waals surface area contributed by atoms with Gasteiger partial charge in [-0.3, -0.25) is 9.59 Å². The predicted molar refractivity (Wildman–Crippen MR) is 93.9 cm³/mol. The molecule has 1 saturated carbocycles. The van der Waals surface area contributed by atoms with Crippen LogP contribution in [0.4, 0.5) is 0 Å². The lowest BCUT2D eigenvalue weighted by Gasteiger charge is -2.30. The molecule has 0 N–H and O–H groups in total. The number of nitrogens with zero attached hydrogens (tertiary/aromatic N) is 1. The number of morpholine rings is 1. The Labute approximate surface area is 149 Å². The van der Waals surface area contributed by atoms with E-state index in [1.165, 1.54) is 12.7 Å². The first-order chi connectivity index (χ1) is 12.2. The lowest BCUT2D eigenvalue weighted by Crippen LogP contribution is -2.43. The van der Waals surface area contributed by atoms with E-state index in [1.807, 2.05) is 23.1 Å². The third kappa shape index (κ3) is 4.82. The Morgan fingerprint density at radius 3 is 2.48 bits per heavy atom. The Morgan fingerprint density at radius 2 is 1.88 bits per heavy atom. The van der Waals surface area contributed by atoms with E-state index in [0.29, 0.717) is 32.2 Å². The summed E-state index contributed by atoms with van der Waals surface area (Å²) in [6.07, 6.45) is 3.33. The van der Waals surface area contributed by atoms with Crippen molar-refractivity contribution in [1.82, 2.24) is 4.90 Å². The predicted octanol–water partition coefficient (Wildman–Crippen LogP) is 2.29. The molecule has 2 unspecified atom stereocenters. The fourth-order valence-electron chi connectivity index (χ4n) is 3.74. The van der Waals surface area contributed by atoms with Crippen LogP contribution in [0.2, 0.25) is 0 Å². The quantitative estimate of drug-likeness (QED) is 0.712. The van der Waals surface area contributed by atoms with E-state index in [-0.39, 0.29) is 30.1 Å². The van der Waals surface area contributed by atoms with E-state index in [0.717, 1.165) is 19.3 Å². The second-order valence-corrected chi connectivity index (χ2v) is 7.02. The third-order valence-electron chi connectivity index (χ3n) is 5.32. The van der Waals surface area contributed by atoms with Crippen LogP contribution in [0.1, 0.15) is 24.8 Å². The third-order valence-corrected chi connectivity index (χ3v) is 5.32. The second-order valence-electron chi connectivity index (χ2n) is 7.02. The van der Waals surface area contributed by atoms with Crippen LogP contribution in [0.3, 0.4) is 0 Å². The number of amides is 1. The van der Waals surface area contributed by atoms with Gasteiger partial charge >= 0.3 is 5.97 Å². The number of hydrogen-bond donors (Lipinski definition) is 0. The van der Waals surface area contributed by atoms with E-state index in [2.05, 4.69) is 12.1 Å². The molecular formula is C20H27NO4. The summed E-state index contributed by atoms with van der Waals surface area (Å²) in [5, 5.41) is 0. The molecule has 25 heavy (non-hydrogen) atoms. The molecule has 1 saturated heterocycles. The molecule has 0 aromatic heterocycles. The van der Waals surface area contributed by atoms with Gasteiger partial charge in [-0.25, -0.2) is 0 Å². The summed E-state index contributed by atoms with van der Waals surface area (Å²) in [6, 6.07) is 10.2. The number of esters is 1. The van der Waals surface area contributed by atoms with Gasteiger partial charge in [0.2, 0.25) is 5.91 Å². The Balaban J connectivity index is 1.72. The van der Waals surface area contributed by atoms with Crippen molar-refractivity contribution in [2.24, 2.45) is 17.8 Å². The molecular weight excluding hydrogens is 318 g/mol. The van der Waals surface area contributed by atoms with Gasteiger partial charge in [-0.15, -0.1) is 0 Å². The molecule has 5 nitrogen and oxygen atoms in total. The maximum Gasteiger partial charge on any atom is 0.309 e. The maximum atomic E-state index is 12.7. The van der Waals surface area contributed by atoms with Gasteiger partial charge in [-0.1, -0.05) is 30.3 Å². The maximum absolute atomic E-state index is 12.7. The lowest BCUT2D eigenvalue weighted by molar-refractivity contribution is -0.152. The van der Waals surface area contributed by atoms with E-state index in [1.54, 1.807) is 0 Å². The van der Waals surface area contributed by atoms with E-state index < -0.39 is 0 Å². The lowest BCUT2D eigenvalue weighted by atomic mass is 9.81. The van der Waals surface area contributed by atoms with Crippen molar-refractivity contribution in [3.05, 3.63) is 35.9 Å². The second kappa shape index (κ2) is 8.48. The molecule has 5 heteroatoms. The average Bonchev–Trinajstić information content (AvgIpc) is 3.50. The molecule has 2 fully saturated rings. The summed E-state index contributed by atoms with van der Waals surface area (Å²) in [4.78, 5) is 27.0. The molecule has 1 aliphatic heterocycles. The SMILES string of the molecule is COC(=O)C(CC(=O)N1CCOCC1)C(Cc1ccccc1)C1CC1. The summed E-state index contributed by atoms with van der Waals surface area (Å²) in [6.45, 7) is 2.37. The molecule has 1 heterocycles.